The van der Waals surface area contributed by atoms with Gasteiger partial charge in [-0.1, -0.05) is 32.6 Å². The molecular formula is C16H20BrFO2. The van der Waals surface area contributed by atoms with Crippen molar-refractivity contribution in [1.29, 1.82) is 0 Å². The highest BCUT2D eigenvalue weighted by Crippen LogP contribution is 2.20. The van der Waals surface area contributed by atoms with Crippen LogP contribution in [0, 0.1) is 5.82 Å². The van der Waals surface area contributed by atoms with E-state index in [0.29, 0.717) is 16.5 Å². The molecule has 1 rings (SSSR count). The van der Waals surface area contributed by atoms with Crippen LogP contribution in [0.15, 0.2) is 22.7 Å². The van der Waals surface area contributed by atoms with Gasteiger partial charge in [-0.2, -0.15) is 0 Å². The van der Waals surface area contributed by atoms with Gasteiger partial charge in [-0.25, -0.2) is 4.39 Å². The van der Waals surface area contributed by atoms with Crippen LogP contribution in [0.3, 0.4) is 0 Å². The maximum Gasteiger partial charge on any atom is 0.171 e. The second-order valence-electron chi connectivity index (χ2n) is 4.93. The first-order valence-corrected chi connectivity index (χ1v) is 7.84. The molecule has 0 unspecified atom stereocenters. The largest absolute Gasteiger partial charge is 0.299 e. The summed E-state index contributed by atoms with van der Waals surface area (Å²) < 4.78 is 13.3. The molecule has 0 saturated heterocycles. The van der Waals surface area contributed by atoms with E-state index >= 15 is 0 Å². The van der Waals surface area contributed by atoms with Gasteiger partial charge in [-0.05, 0) is 40.5 Å². The van der Waals surface area contributed by atoms with Gasteiger partial charge in [0.2, 0.25) is 0 Å². The highest BCUT2D eigenvalue weighted by Gasteiger charge is 2.14. The molecular weight excluding hydrogens is 323 g/mol. The summed E-state index contributed by atoms with van der Waals surface area (Å²) in [4.78, 5) is 23.7. The molecule has 4 heteroatoms. The third kappa shape index (κ3) is 5.95. The summed E-state index contributed by atoms with van der Waals surface area (Å²) in [6.45, 7) is 2.14. The van der Waals surface area contributed by atoms with Crippen molar-refractivity contribution < 1.29 is 14.0 Å². The fourth-order valence-electron chi connectivity index (χ4n) is 2.00. The zero-order valence-electron chi connectivity index (χ0n) is 11.8. The monoisotopic (exact) mass is 342 g/mol. The average Bonchev–Trinajstić information content (AvgIpc) is 2.38. The predicted octanol–water partition coefficient (Wildman–Crippen LogP) is 5.09. The second-order valence-corrected chi connectivity index (χ2v) is 5.78. The Morgan fingerprint density at radius 2 is 1.85 bits per heavy atom. The lowest BCUT2D eigenvalue weighted by Gasteiger charge is -2.04. The van der Waals surface area contributed by atoms with Crippen LogP contribution in [-0.2, 0) is 4.79 Å². The Bertz CT molecular complexity index is 472. The number of rotatable bonds is 9. The van der Waals surface area contributed by atoms with Crippen LogP contribution in [0.2, 0.25) is 0 Å². The number of carbonyl (C=O) groups excluding carboxylic acids is 2. The highest BCUT2D eigenvalue weighted by atomic mass is 79.9. The number of ketones is 2. The first-order chi connectivity index (χ1) is 9.54. The number of Topliss-reactive ketones (excluding diaryl/α,β-unsaturated/α-hetero) is 2. The molecule has 0 aliphatic carbocycles. The zero-order valence-corrected chi connectivity index (χ0v) is 13.3. The van der Waals surface area contributed by atoms with Crippen LogP contribution in [-0.4, -0.2) is 11.6 Å². The molecule has 0 bridgehead atoms. The van der Waals surface area contributed by atoms with E-state index in [1.54, 1.807) is 0 Å². The normalized spacial score (nSPS) is 10.6. The van der Waals surface area contributed by atoms with Gasteiger partial charge in [0.05, 0.1) is 6.42 Å². The van der Waals surface area contributed by atoms with Gasteiger partial charge >= 0.3 is 0 Å². The number of benzene rings is 1. The van der Waals surface area contributed by atoms with Gasteiger partial charge in [-0.15, -0.1) is 0 Å². The van der Waals surface area contributed by atoms with Gasteiger partial charge in [-0.3, -0.25) is 9.59 Å². The molecule has 0 amide bonds. The number of unbranched alkanes of at least 4 members (excludes halogenated alkanes) is 4. The predicted molar refractivity (Wildman–Crippen MR) is 81.4 cm³/mol. The van der Waals surface area contributed by atoms with E-state index in [1.165, 1.54) is 31.0 Å². The molecule has 0 atom stereocenters. The van der Waals surface area contributed by atoms with Crippen molar-refractivity contribution in [2.24, 2.45) is 0 Å². The van der Waals surface area contributed by atoms with E-state index in [2.05, 4.69) is 22.9 Å². The van der Waals surface area contributed by atoms with Crippen molar-refractivity contribution in [2.45, 2.75) is 51.9 Å². The van der Waals surface area contributed by atoms with E-state index in [1.807, 2.05) is 0 Å². The van der Waals surface area contributed by atoms with Crippen molar-refractivity contribution in [1.82, 2.24) is 0 Å². The number of halogens is 2. The van der Waals surface area contributed by atoms with E-state index < -0.39 is 5.82 Å². The Kier molecular flexibility index (Phi) is 7.67. The number of hydrogen-bond donors (Lipinski definition) is 0. The Morgan fingerprint density at radius 1 is 1.15 bits per heavy atom. The van der Waals surface area contributed by atoms with Gasteiger partial charge < -0.3 is 0 Å². The molecule has 1 aromatic rings. The standard InChI is InChI=1S/C16H20BrFO2/c1-2-3-4-5-6-7-13(19)11-16(20)14-9-8-12(18)10-15(14)17/h8-10H,2-7,11H2,1H3. The van der Waals surface area contributed by atoms with E-state index in [9.17, 15) is 14.0 Å². The van der Waals surface area contributed by atoms with Crippen LogP contribution in [0.5, 0.6) is 0 Å². The van der Waals surface area contributed by atoms with Crippen LogP contribution < -0.4 is 0 Å². The fraction of sp³-hybridized carbons (Fsp3) is 0.500. The second kappa shape index (κ2) is 9.01. The summed E-state index contributed by atoms with van der Waals surface area (Å²) in [5, 5.41) is 0. The van der Waals surface area contributed by atoms with Gasteiger partial charge in [0, 0.05) is 16.5 Å². The lowest BCUT2D eigenvalue weighted by Crippen LogP contribution is -2.09. The maximum atomic E-state index is 12.9. The molecule has 2 nitrogen and oxygen atoms in total. The molecule has 0 aliphatic rings. The van der Waals surface area contributed by atoms with E-state index in [0.717, 1.165) is 19.3 Å². The number of hydrogen-bond acceptors (Lipinski definition) is 2. The molecule has 0 radical (unpaired) electrons. The summed E-state index contributed by atoms with van der Waals surface area (Å²) in [6, 6.07) is 3.88. The molecule has 110 valence electrons. The van der Waals surface area contributed by atoms with Crippen LogP contribution in [0.4, 0.5) is 4.39 Å². The van der Waals surface area contributed by atoms with Crippen LogP contribution in [0.25, 0.3) is 0 Å². The minimum atomic E-state index is -0.407. The SMILES string of the molecule is CCCCCCCC(=O)CC(=O)c1ccc(F)cc1Br. The molecule has 0 fully saturated rings. The first-order valence-electron chi connectivity index (χ1n) is 7.04. The molecule has 0 saturated carbocycles. The summed E-state index contributed by atoms with van der Waals surface area (Å²) in [6.07, 6.45) is 5.74. The lowest BCUT2D eigenvalue weighted by atomic mass is 10.0. The summed E-state index contributed by atoms with van der Waals surface area (Å²) >= 11 is 3.15. The minimum absolute atomic E-state index is 0.0391. The molecule has 0 aliphatic heterocycles. The quantitative estimate of drug-likeness (QED) is 0.355. The Hall–Kier alpha value is -1.03. The van der Waals surface area contributed by atoms with E-state index in [-0.39, 0.29) is 18.0 Å². The van der Waals surface area contributed by atoms with Crippen molar-refractivity contribution in [3.63, 3.8) is 0 Å². The van der Waals surface area contributed by atoms with Gasteiger partial charge in [0.1, 0.15) is 11.6 Å². The third-order valence-corrected chi connectivity index (χ3v) is 3.80. The topological polar surface area (TPSA) is 34.1 Å². The van der Waals surface area contributed by atoms with Crippen molar-refractivity contribution in [3.8, 4) is 0 Å². The minimum Gasteiger partial charge on any atom is -0.299 e. The molecule has 20 heavy (non-hydrogen) atoms. The van der Waals surface area contributed by atoms with E-state index in [4.69, 9.17) is 0 Å². The zero-order chi connectivity index (χ0) is 15.0. The Balaban J connectivity index is 2.39. The van der Waals surface area contributed by atoms with Gasteiger partial charge in [0.25, 0.3) is 0 Å². The third-order valence-electron chi connectivity index (χ3n) is 3.15. The van der Waals surface area contributed by atoms with Crippen molar-refractivity contribution in [3.05, 3.63) is 34.1 Å². The highest BCUT2D eigenvalue weighted by molar-refractivity contribution is 9.10. The van der Waals surface area contributed by atoms with Crippen LogP contribution >= 0.6 is 15.9 Å². The fourth-order valence-corrected chi connectivity index (χ4v) is 2.58. The van der Waals surface area contributed by atoms with Gasteiger partial charge in [0.15, 0.2) is 5.78 Å². The summed E-state index contributed by atoms with van der Waals surface area (Å²) in [7, 11) is 0. The number of carbonyl (C=O) groups is 2. The molecule has 0 aromatic heterocycles. The lowest BCUT2D eigenvalue weighted by molar-refractivity contribution is -0.118. The first kappa shape index (κ1) is 17.0. The Morgan fingerprint density at radius 3 is 2.50 bits per heavy atom. The summed E-state index contributed by atoms with van der Waals surface area (Å²) in [5.74, 6) is -0.700. The van der Waals surface area contributed by atoms with Crippen molar-refractivity contribution in [2.75, 3.05) is 0 Å². The maximum absolute atomic E-state index is 12.9. The van der Waals surface area contributed by atoms with Crippen molar-refractivity contribution >= 4 is 27.5 Å². The molecule has 0 spiro atoms. The van der Waals surface area contributed by atoms with Crippen LogP contribution in [0.1, 0.15) is 62.2 Å². The summed E-state index contributed by atoms with van der Waals surface area (Å²) in [5.41, 5.74) is 0.366. The molecule has 0 N–H and O–H groups in total. The molecule has 0 heterocycles. The Labute approximate surface area is 127 Å². The average molecular weight is 343 g/mol. The smallest absolute Gasteiger partial charge is 0.171 e. The molecule has 1 aromatic carbocycles.